The normalized spacial score (nSPS) is 13.0. The number of nitrogens with zero attached hydrogens (tertiary/aromatic N) is 2. The number of aromatic nitrogens is 2. The van der Waals surface area contributed by atoms with E-state index < -0.39 is 0 Å². The van der Waals surface area contributed by atoms with Gasteiger partial charge in [0.05, 0.1) is 0 Å². The van der Waals surface area contributed by atoms with E-state index >= 15 is 0 Å². The third-order valence-corrected chi connectivity index (χ3v) is 3.64. The van der Waals surface area contributed by atoms with E-state index in [2.05, 4.69) is 30.7 Å². The summed E-state index contributed by atoms with van der Waals surface area (Å²) < 4.78 is 6.01. The predicted octanol–water partition coefficient (Wildman–Crippen LogP) is 4.88. The van der Waals surface area contributed by atoms with E-state index in [-0.39, 0.29) is 11.5 Å². The molecule has 4 heteroatoms. The van der Waals surface area contributed by atoms with E-state index in [1.807, 2.05) is 44.2 Å². The van der Waals surface area contributed by atoms with Crippen LogP contribution in [-0.4, -0.2) is 9.97 Å². The van der Waals surface area contributed by atoms with E-state index in [4.69, 9.17) is 16.3 Å². The average Bonchev–Trinajstić information content (AvgIpc) is 2.43. The molecule has 21 heavy (non-hydrogen) atoms. The van der Waals surface area contributed by atoms with Crippen LogP contribution in [-0.2, 0) is 5.41 Å². The number of hydrogen-bond acceptors (Lipinski definition) is 3. The first kappa shape index (κ1) is 15.8. The molecule has 0 N–H and O–H groups in total. The van der Waals surface area contributed by atoms with Crippen molar-refractivity contribution in [1.82, 2.24) is 9.97 Å². The molecule has 0 amide bonds. The number of benzene rings is 1. The molecule has 0 spiro atoms. The van der Waals surface area contributed by atoms with Gasteiger partial charge in [-0.1, -0.05) is 62.7 Å². The first-order chi connectivity index (χ1) is 9.79. The molecule has 1 aromatic heterocycles. The van der Waals surface area contributed by atoms with Crippen molar-refractivity contribution in [3.05, 3.63) is 52.4 Å². The summed E-state index contributed by atoms with van der Waals surface area (Å²) in [6.07, 6.45) is -0.0938. The Hall–Kier alpha value is -1.61. The molecule has 0 fully saturated rings. The molecule has 1 atom stereocenters. The molecule has 112 valence electrons. The zero-order valence-electron chi connectivity index (χ0n) is 13.1. The minimum atomic E-state index is -0.175. The van der Waals surface area contributed by atoms with E-state index in [9.17, 15) is 0 Å². The summed E-state index contributed by atoms with van der Waals surface area (Å²) in [4.78, 5) is 8.91. The van der Waals surface area contributed by atoms with Gasteiger partial charge in [-0.15, -0.1) is 0 Å². The third kappa shape index (κ3) is 3.73. The Balaban J connectivity index is 2.33. The van der Waals surface area contributed by atoms with Crippen molar-refractivity contribution < 1.29 is 4.74 Å². The predicted molar refractivity (Wildman–Crippen MR) is 86.0 cm³/mol. The Morgan fingerprint density at radius 1 is 1.10 bits per heavy atom. The standard InChI is InChI=1S/C17H21ClN2O/c1-11-14(18)19-16(17(3,4)5)20-15(11)21-12(2)13-9-7-6-8-10-13/h6-10,12H,1-5H3. The number of rotatable bonds is 3. The average molecular weight is 305 g/mol. The molecule has 1 heterocycles. The lowest BCUT2D eigenvalue weighted by Crippen LogP contribution is -2.18. The van der Waals surface area contributed by atoms with Gasteiger partial charge in [0.2, 0.25) is 5.88 Å². The molecule has 0 saturated heterocycles. The van der Waals surface area contributed by atoms with E-state index in [1.165, 1.54) is 0 Å². The van der Waals surface area contributed by atoms with Gasteiger partial charge in [0.25, 0.3) is 0 Å². The number of halogens is 1. The van der Waals surface area contributed by atoms with E-state index in [1.54, 1.807) is 0 Å². The lowest BCUT2D eigenvalue weighted by Gasteiger charge is -2.21. The Labute approximate surface area is 131 Å². The van der Waals surface area contributed by atoms with Gasteiger partial charge in [-0.05, 0) is 19.4 Å². The van der Waals surface area contributed by atoms with Crippen LogP contribution >= 0.6 is 11.6 Å². The van der Waals surface area contributed by atoms with Crippen LogP contribution in [0.5, 0.6) is 5.88 Å². The van der Waals surface area contributed by atoms with Crippen LogP contribution < -0.4 is 4.74 Å². The fourth-order valence-corrected chi connectivity index (χ4v) is 2.04. The second-order valence-electron chi connectivity index (χ2n) is 6.19. The van der Waals surface area contributed by atoms with Crippen LogP contribution in [0.2, 0.25) is 5.15 Å². The van der Waals surface area contributed by atoms with Crippen LogP contribution in [0, 0.1) is 6.92 Å². The second-order valence-corrected chi connectivity index (χ2v) is 6.55. The van der Waals surface area contributed by atoms with Crippen molar-refractivity contribution in [2.45, 2.75) is 46.1 Å². The van der Waals surface area contributed by atoms with Crippen LogP contribution in [0.15, 0.2) is 30.3 Å². The van der Waals surface area contributed by atoms with Crippen molar-refractivity contribution in [2.75, 3.05) is 0 Å². The lowest BCUT2D eigenvalue weighted by atomic mass is 9.96. The van der Waals surface area contributed by atoms with E-state index in [0.29, 0.717) is 16.9 Å². The molecule has 2 rings (SSSR count). The van der Waals surface area contributed by atoms with Gasteiger partial charge in [-0.2, -0.15) is 4.98 Å². The van der Waals surface area contributed by atoms with Gasteiger partial charge in [0, 0.05) is 11.0 Å². The van der Waals surface area contributed by atoms with Gasteiger partial charge in [-0.25, -0.2) is 4.98 Å². The van der Waals surface area contributed by atoms with Crippen molar-refractivity contribution in [3.8, 4) is 5.88 Å². The maximum atomic E-state index is 6.22. The fourth-order valence-electron chi connectivity index (χ4n) is 1.88. The van der Waals surface area contributed by atoms with Gasteiger partial charge < -0.3 is 4.74 Å². The lowest BCUT2D eigenvalue weighted by molar-refractivity contribution is 0.213. The highest BCUT2D eigenvalue weighted by atomic mass is 35.5. The van der Waals surface area contributed by atoms with Crippen LogP contribution in [0.1, 0.15) is 50.8 Å². The molecule has 0 saturated carbocycles. The molecule has 0 radical (unpaired) electrons. The Morgan fingerprint density at radius 3 is 2.29 bits per heavy atom. The summed E-state index contributed by atoms with van der Waals surface area (Å²) >= 11 is 6.22. The molecule has 0 bridgehead atoms. The highest BCUT2D eigenvalue weighted by molar-refractivity contribution is 6.30. The zero-order chi connectivity index (χ0) is 15.6. The summed E-state index contributed by atoms with van der Waals surface area (Å²) in [7, 11) is 0. The molecule has 0 aliphatic rings. The van der Waals surface area contributed by atoms with Crippen LogP contribution in [0.4, 0.5) is 0 Å². The maximum Gasteiger partial charge on any atom is 0.221 e. The summed E-state index contributed by atoms with van der Waals surface area (Å²) in [6.45, 7) is 10.0. The minimum absolute atomic E-state index is 0.0938. The summed E-state index contributed by atoms with van der Waals surface area (Å²) in [5.74, 6) is 1.24. The van der Waals surface area contributed by atoms with Crippen LogP contribution in [0.3, 0.4) is 0 Å². The number of ether oxygens (including phenoxy) is 1. The summed E-state index contributed by atoms with van der Waals surface area (Å²) in [5.41, 5.74) is 1.70. The largest absolute Gasteiger partial charge is 0.469 e. The third-order valence-electron chi connectivity index (χ3n) is 3.27. The smallest absolute Gasteiger partial charge is 0.221 e. The summed E-state index contributed by atoms with van der Waals surface area (Å²) in [6, 6.07) is 10.0. The SMILES string of the molecule is Cc1c(Cl)nc(C(C)(C)C)nc1OC(C)c1ccccc1. The van der Waals surface area contributed by atoms with Gasteiger partial charge in [0.15, 0.2) is 0 Å². The van der Waals surface area contributed by atoms with Gasteiger partial charge in [-0.3, -0.25) is 0 Å². The minimum Gasteiger partial charge on any atom is -0.469 e. The van der Waals surface area contributed by atoms with Gasteiger partial charge in [0.1, 0.15) is 17.1 Å². The van der Waals surface area contributed by atoms with Crippen LogP contribution in [0.25, 0.3) is 0 Å². The van der Waals surface area contributed by atoms with Crippen molar-refractivity contribution >= 4 is 11.6 Å². The first-order valence-corrected chi connectivity index (χ1v) is 7.43. The molecule has 1 aromatic carbocycles. The Morgan fingerprint density at radius 2 is 1.71 bits per heavy atom. The number of hydrogen-bond donors (Lipinski definition) is 0. The molecule has 2 aromatic rings. The molecule has 1 unspecified atom stereocenters. The quantitative estimate of drug-likeness (QED) is 0.758. The molecular weight excluding hydrogens is 284 g/mol. The monoisotopic (exact) mass is 304 g/mol. The van der Waals surface area contributed by atoms with Crippen molar-refractivity contribution in [3.63, 3.8) is 0 Å². The highest BCUT2D eigenvalue weighted by Crippen LogP contribution is 2.30. The highest BCUT2D eigenvalue weighted by Gasteiger charge is 2.22. The summed E-state index contributed by atoms with van der Waals surface area (Å²) in [5, 5.41) is 0.449. The molecule has 3 nitrogen and oxygen atoms in total. The first-order valence-electron chi connectivity index (χ1n) is 7.05. The second kappa shape index (κ2) is 6.02. The molecule has 0 aliphatic carbocycles. The molecule has 0 aliphatic heterocycles. The fraction of sp³-hybridized carbons (Fsp3) is 0.412. The van der Waals surface area contributed by atoms with E-state index in [0.717, 1.165) is 11.1 Å². The Bertz CT molecular complexity index is 621. The Kier molecular flexibility index (Phi) is 4.52. The topological polar surface area (TPSA) is 35.0 Å². The van der Waals surface area contributed by atoms with Crippen molar-refractivity contribution in [2.24, 2.45) is 0 Å². The van der Waals surface area contributed by atoms with Gasteiger partial charge >= 0.3 is 0 Å². The molecular formula is C17H21ClN2O. The maximum absolute atomic E-state index is 6.22. The zero-order valence-corrected chi connectivity index (χ0v) is 13.9. The van der Waals surface area contributed by atoms with Crippen molar-refractivity contribution in [1.29, 1.82) is 0 Å².